The number of nitrogens with zero attached hydrogens (tertiary/aromatic N) is 6. The van der Waals surface area contributed by atoms with Gasteiger partial charge in [-0.05, 0) is 116 Å². The molecule has 3 aliphatic rings. The maximum absolute atomic E-state index is 15.7. The highest BCUT2D eigenvalue weighted by Gasteiger charge is 2.50. The number of unbranched alkanes of at least 4 members (excludes halogenated alkanes) is 2. The number of amides is 16. The number of fused-ring (bicyclic) bond motifs is 4. The topological polar surface area (TPSA) is 584 Å². The van der Waals surface area contributed by atoms with Crippen LogP contribution in [0.2, 0.25) is 0 Å². The predicted octanol–water partition coefficient (Wildman–Crippen LogP) is -1.44. The Kier molecular flexibility index (Phi) is 37.2. The second kappa shape index (κ2) is 47.8. The number of para-hydroxylation sites is 1. The molecular weight excluding hydrogens is 1720 g/mol. The maximum atomic E-state index is 15.7. The molecule has 6 heterocycles. The number of aliphatic hydroxyl groups excluding tert-OH is 2. The molecule has 704 valence electrons. The number of primary amides is 2. The number of rotatable bonds is 24. The molecular formula is C88H120N20O20S2. The SMILES string of the molecule is CCCC[C@H]1C(=O)N(C)[C@@H](CCCC)C(=O)N[C@@H](CO)C(=O)NC(C(=O)NCC(N)=O)CSCC(=O)N[C@@H](Cc2ccc(O)cc2)C(=O)N(C)[C@@H](C)C(=O)N[C@@H](CC(N)=O)C(=O)N2CCC[C@H]2C(=O)N[C@@H](Cc2cnc[nH]2)C(=O)N[C@@H](CC(C)C)C(=O)N2CCCC2(C=O)N[C@@H](Cc2c[nH]c3ccccc23)C(=O)N[C@@H](CO)C(=O)N[C@@H](Cc2csc3ccccc23)C(=O)N1C. The number of carbonyl (C=O) groups is 17. The van der Waals surface area contributed by atoms with E-state index < -0.39 is 216 Å². The monoisotopic (exact) mass is 1840 g/mol. The number of H-pyrrole nitrogens is 2. The van der Waals surface area contributed by atoms with Gasteiger partial charge in [0.2, 0.25) is 94.5 Å². The van der Waals surface area contributed by atoms with Gasteiger partial charge in [-0.2, -0.15) is 0 Å². The molecule has 2 unspecified atom stereocenters. The third-order valence-corrected chi connectivity index (χ3v) is 25.6. The molecule has 3 fully saturated rings. The lowest BCUT2D eigenvalue weighted by molar-refractivity contribution is -0.149. The molecule has 3 saturated heterocycles. The van der Waals surface area contributed by atoms with Crippen LogP contribution in [0.1, 0.15) is 134 Å². The fraction of sp³-hybridized carbons (Fsp3) is 0.523. The molecule has 40 nitrogen and oxygen atoms in total. The minimum atomic E-state index is -2.03. The van der Waals surface area contributed by atoms with Crippen LogP contribution in [-0.4, -0.2) is 305 Å². The molecule has 16 amide bonds. The van der Waals surface area contributed by atoms with Gasteiger partial charge < -0.3 is 109 Å². The van der Waals surface area contributed by atoms with Gasteiger partial charge in [-0.3, -0.25) is 86.8 Å². The predicted molar refractivity (Wildman–Crippen MR) is 480 cm³/mol. The van der Waals surface area contributed by atoms with Crippen molar-refractivity contribution in [2.45, 2.75) is 222 Å². The first-order chi connectivity index (χ1) is 62.0. The number of aromatic amines is 2. The van der Waals surface area contributed by atoms with E-state index in [0.29, 0.717) is 65.3 Å². The fourth-order valence-electron chi connectivity index (χ4n) is 16.2. The number of imidazole rings is 1. The van der Waals surface area contributed by atoms with Crippen LogP contribution in [0, 0.1) is 5.92 Å². The van der Waals surface area contributed by atoms with Crippen molar-refractivity contribution in [1.82, 2.24) is 92.6 Å². The van der Waals surface area contributed by atoms with Crippen molar-refractivity contribution in [3.8, 4) is 5.75 Å². The van der Waals surface area contributed by atoms with E-state index in [1.165, 1.54) is 81.1 Å². The van der Waals surface area contributed by atoms with E-state index in [2.05, 4.69) is 68.1 Å². The second-order valence-electron chi connectivity index (χ2n) is 33.5. The van der Waals surface area contributed by atoms with E-state index in [-0.39, 0.29) is 95.4 Å². The summed E-state index contributed by atoms with van der Waals surface area (Å²) in [6, 6.07) is -0.420. The Labute approximate surface area is 759 Å². The summed E-state index contributed by atoms with van der Waals surface area (Å²) in [6.45, 7) is 5.38. The number of aromatic hydroxyl groups is 1. The zero-order valence-electron chi connectivity index (χ0n) is 74.1. The fourth-order valence-corrected chi connectivity index (χ4v) is 18.1. The first-order valence-corrected chi connectivity index (χ1v) is 45.5. The number of thioether (sulfide) groups is 1. The Hall–Kier alpha value is -12.4. The van der Waals surface area contributed by atoms with E-state index in [1.54, 1.807) is 55.8 Å². The van der Waals surface area contributed by atoms with Crippen LogP contribution in [0.4, 0.5) is 0 Å². The number of aromatic nitrogens is 3. The average molecular weight is 1840 g/mol. The molecule has 0 bridgehead atoms. The summed E-state index contributed by atoms with van der Waals surface area (Å²) < 4.78 is 0.820. The lowest BCUT2D eigenvalue weighted by Gasteiger charge is -2.39. The van der Waals surface area contributed by atoms with E-state index in [0.717, 1.165) is 41.4 Å². The van der Waals surface area contributed by atoms with E-state index in [9.17, 15) is 68.1 Å². The number of nitrogens with one attached hydrogen (secondary N) is 12. The Morgan fingerprint density at radius 1 is 0.600 bits per heavy atom. The van der Waals surface area contributed by atoms with Crippen LogP contribution < -0.4 is 64.6 Å². The molecule has 14 atom stereocenters. The lowest BCUT2D eigenvalue weighted by atomic mass is 9.98. The number of likely N-dealkylation sites (N-methyl/N-ethyl adjacent to an activating group) is 3. The number of benzene rings is 3. The number of phenolic OH excluding ortho intramolecular Hbond substituents is 1. The quantitative estimate of drug-likeness (QED) is 0.0309. The summed E-state index contributed by atoms with van der Waals surface area (Å²) in [5, 5.41) is 62.1. The zero-order valence-corrected chi connectivity index (χ0v) is 75.7. The molecule has 3 aliphatic heterocycles. The molecule has 19 N–H and O–H groups in total. The largest absolute Gasteiger partial charge is 0.508 e. The van der Waals surface area contributed by atoms with Crippen molar-refractivity contribution in [3.63, 3.8) is 0 Å². The molecule has 130 heavy (non-hydrogen) atoms. The van der Waals surface area contributed by atoms with Gasteiger partial charge in [-0.15, -0.1) is 23.1 Å². The van der Waals surface area contributed by atoms with E-state index in [4.69, 9.17) is 11.5 Å². The van der Waals surface area contributed by atoms with Crippen molar-refractivity contribution in [2.75, 3.05) is 65.5 Å². The van der Waals surface area contributed by atoms with Gasteiger partial charge >= 0.3 is 0 Å². The number of aldehydes is 1. The maximum Gasteiger partial charge on any atom is 0.246 e. The number of hydrogen-bond acceptors (Lipinski definition) is 24. The van der Waals surface area contributed by atoms with Crippen molar-refractivity contribution in [1.29, 1.82) is 0 Å². The Morgan fingerprint density at radius 2 is 1.19 bits per heavy atom. The summed E-state index contributed by atoms with van der Waals surface area (Å²) in [5.41, 5.74) is 11.6. The van der Waals surface area contributed by atoms with Crippen molar-refractivity contribution >= 4 is 145 Å². The van der Waals surface area contributed by atoms with Gasteiger partial charge in [-0.1, -0.05) is 102 Å². The van der Waals surface area contributed by atoms with Crippen LogP contribution in [0.5, 0.6) is 5.75 Å². The standard InChI is InChI=1S/C88H120N20O20S2/c1-9-11-22-68-81(122)101-66(43-110)80(121)102-67(76(117)93-41-73(90)114)45-129-46-74(115)95-62(34-51-26-28-55(112)29-27-51)83(124)104(6)50(5)75(116)97-64(38-72(89)113)85(126)107-31-17-24-69(107)82(123)96-59(37-54-40-91-48-94-54)77(118)98-61(33-49(3)4)86(127)108-32-18-30-88(108,47-111)103-60(35-52-39-92-58-21-15-13-19-56(52)58)78(119)100-65(42-109)79(120)99-63(36-53-44-130-71-25-16-14-20-57(53)71)84(125)106(8)70(23-12-10-2)87(128)105(68)7/h13-16,19-21,25-29,39-40,44,47-50,59-70,92,103,109-110,112H,9-12,17-18,22-24,30-38,41-43,45-46H2,1-8H3,(H2,89,113)(H2,90,114)(H,91,94)(H,93,117)(H,95,115)(H,96,123)(H,97,116)(H,98,118)(H,99,120)(H,100,119)(H,101,122)(H,102,121)/t50-,59-,60-,61-,62-,63-,64-,65-,66-,67?,68-,69-,70-,88?/m0/s1. The Balaban J connectivity index is 1.10. The van der Waals surface area contributed by atoms with Crippen LogP contribution >= 0.6 is 23.1 Å². The molecule has 6 aromatic rings. The summed E-state index contributed by atoms with van der Waals surface area (Å²) in [5.74, 6) is -16.6. The summed E-state index contributed by atoms with van der Waals surface area (Å²) in [6.07, 6.45) is 4.81. The summed E-state index contributed by atoms with van der Waals surface area (Å²) in [7, 11) is 3.89. The van der Waals surface area contributed by atoms with Crippen LogP contribution in [0.3, 0.4) is 0 Å². The van der Waals surface area contributed by atoms with E-state index >= 15 is 28.8 Å². The first kappa shape index (κ1) is 101. The number of hydrogen-bond donors (Lipinski definition) is 17. The Morgan fingerprint density at radius 3 is 1.85 bits per heavy atom. The highest BCUT2D eigenvalue weighted by molar-refractivity contribution is 8.00. The molecule has 9 rings (SSSR count). The molecule has 0 saturated carbocycles. The van der Waals surface area contributed by atoms with Gasteiger partial charge in [-0.25, -0.2) is 4.98 Å². The van der Waals surface area contributed by atoms with Crippen molar-refractivity contribution < 1.29 is 96.8 Å². The first-order valence-electron chi connectivity index (χ1n) is 43.5. The van der Waals surface area contributed by atoms with Crippen molar-refractivity contribution in [2.24, 2.45) is 17.4 Å². The van der Waals surface area contributed by atoms with Crippen LogP contribution in [0.25, 0.3) is 21.0 Å². The summed E-state index contributed by atoms with van der Waals surface area (Å²) in [4.78, 5) is 264. The zero-order chi connectivity index (χ0) is 94.8. The molecule has 0 aliphatic carbocycles. The second-order valence-corrected chi connectivity index (χ2v) is 35.4. The van der Waals surface area contributed by atoms with Gasteiger partial charge in [0.1, 0.15) is 78.3 Å². The van der Waals surface area contributed by atoms with Crippen molar-refractivity contribution in [3.05, 3.63) is 119 Å². The average Bonchev–Trinajstić information content (AvgIpc) is 1.60. The minimum Gasteiger partial charge on any atom is -0.508 e. The number of phenols is 1. The molecule has 42 heteroatoms. The Bertz CT molecular complexity index is 5030. The lowest BCUT2D eigenvalue weighted by Crippen LogP contribution is -2.67. The number of nitrogens with two attached hydrogens (primary N) is 2. The van der Waals surface area contributed by atoms with E-state index in [1.807, 2.05) is 32.0 Å². The third-order valence-electron chi connectivity index (χ3n) is 23.5. The van der Waals surface area contributed by atoms with Gasteiger partial charge in [0.05, 0.1) is 44.3 Å². The molecule has 0 spiro atoms. The van der Waals surface area contributed by atoms with Gasteiger partial charge in [0.25, 0.3) is 0 Å². The third kappa shape index (κ3) is 26.7. The van der Waals surface area contributed by atoms with Gasteiger partial charge in [0.15, 0.2) is 11.9 Å². The normalized spacial score (nSPS) is 25.2. The molecule has 3 aromatic heterocycles. The number of carbonyl (C=O) groups excluding carboxylic acids is 17. The van der Waals surface area contributed by atoms with Crippen LogP contribution in [-0.2, 0) is 107 Å². The smallest absolute Gasteiger partial charge is 0.246 e. The molecule has 0 radical (unpaired) electrons. The van der Waals surface area contributed by atoms with Crippen LogP contribution in [0.15, 0.2) is 96.9 Å². The highest BCUT2D eigenvalue weighted by atomic mass is 32.2. The number of thiophene rings is 1. The highest BCUT2D eigenvalue weighted by Crippen LogP contribution is 2.32. The molecule has 3 aromatic carbocycles. The minimum absolute atomic E-state index is 0.000543. The summed E-state index contributed by atoms with van der Waals surface area (Å²) >= 11 is 2.09. The number of aliphatic hydroxyl groups is 2. The van der Waals surface area contributed by atoms with Gasteiger partial charge in [0, 0.05) is 92.9 Å².